The van der Waals surface area contributed by atoms with E-state index in [1.807, 2.05) is 28.8 Å². The Bertz CT molecular complexity index is 785. The van der Waals surface area contributed by atoms with E-state index in [0.29, 0.717) is 10.8 Å². The van der Waals surface area contributed by atoms with Crippen LogP contribution in [0.25, 0.3) is 16.9 Å². The molecule has 0 fully saturated rings. The highest BCUT2D eigenvalue weighted by Crippen LogP contribution is 2.34. The molecule has 4 rings (SSSR count). The van der Waals surface area contributed by atoms with Gasteiger partial charge in [0, 0.05) is 6.07 Å². The SMILES string of the molecule is Clc1ccc2ncn(-c3ccc4c(c3)OCO4)c2n1. The lowest BCUT2D eigenvalue weighted by molar-refractivity contribution is 0.174. The van der Waals surface area contributed by atoms with Crippen LogP contribution >= 0.6 is 11.6 Å². The maximum Gasteiger partial charge on any atom is 0.231 e. The molecule has 0 unspecified atom stereocenters. The largest absolute Gasteiger partial charge is 0.454 e. The van der Waals surface area contributed by atoms with Gasteiger partial charge >= 0.3 is 0 Å². The number of aromatic nitrogens is 3. The smallest absolute Gasteiger partial charge is 0.231 e. The van der Waals surface area contributed by atoms with E-state index in [1.165, 1.54) is 0 Å². The molecule has 1 aliphatic heterocycles. The summed E-state index contributed by atoms with van der Waals surface area (Å²) in [5, 5.41) is 0.440. The van der Waals surface area contributed by atoms with Gasteiger partial charge in [0.15, 0.2) is 17.1 Å². The number of ether oxygens (including phenoxy) is 2. The molecule has 0 amide bonds. The van der Waals surface area contributed by atoms with E-state index in [-0.39, 0.29) is 6.79 Å². The number of hydrogen-bond acceptors (Lipinski definition) is 4. The molecule has 0 atom stereocenters. The molecule has 5 nitrogen and oxygen atoms in total. The van der Waals surface area contributed by atoms with Crippen molar-refractivity contribution in [3.8, 4) is 17.2 Å². The molecule has 1 aliphatic rings. The van der Waals surface area contributed by atoms with Crippen molar-refractivity contribution in [3.63, 3.8) is 0 Å². The van der Waals surface area contributed by atoms with E-state index in [4.69, 9.17) is 21.1 Å². The van der Waals surface area contributed by atoms with Gasteiger partial charge in [-0.2, -0.15) is 0 Å². The summed E-state index contributed by atoms with van der Waals surface area (Å²) in [6, 6.07) is 9.26. The second-order valence-corrected chi connectivity index (χ2v) is 4.52. The summed E-state index contributed by atoms with van der Waals surface area (Å²) in [5.41, 5.74) is 2.41. The highest BCUT2D eigenvalue weighted by Gasteiger charge is 2.15. The first-order valence-corrected chi connectivity index (χ1v) is 6.09. The third kappa shape index (κ3) is 1.62. The monoisotopic (exact) mass is 273 g/mol. The van der Waals surface area contributed by atoms with Crippen molar-refractivity contribution in [1.82, 2.24) is 14.5 Å². The summed E-state index contributed by atoms with van der Waals surface area (Å²) >= 11 is 5.93. The fourth-order valence-corrected chi connectivity index (χ4v) is 2.24. The summed E-state index contributed by atoms with van der Waals surface area (Å²) in [7, 11) is 0. The summed E-state index contributed by atoms with van der Waals surface area (Å²) in [6.45, 7) is 0.257. The van der Waals surface area contributed by atoms with Gasteiger partial charge in [0.1, 0.15) is 17.0 Å². The zero-order valence-electron chi connectivity index (χ0n) is 9.71. The summed E-state index contributed by atoms with van der Waals surface area (Å²) in [5.74, 6) is 1.47. The number of imidazole rings is 1. The Balaban J connectivity index is 1.92. The van der Waals surface area contributed by atoms with Gasteiger partial charge in [-0.15, -0.1) is 0 Å². The van der Waals surface area contributed by atoms with Gasteiger partial charge in [0.2, 0.25) is 6.79 Å². The molecule has 1 aromatic carbocycles. The molecule has 0 saturated heterocycles. The minimum atomic E-state index is 0.257. The van der Waals surface area contributed by atoms with Crippen LogP contribution in [0.2, 0.25) is 5.15 Å². The number of nitrogens with zero attached hydrogens (tertiary/aromatic N) is 3. The number of halogens is 1. The quantitative estimate of drug-likeness (QED) is 0.640. The van der Waals surface area contributed by atoms with E-state index in [0.717, 1.165) is 22.7 Å². The summed E-state index contributed by atoms with van der Waals surface area (Å²) in [6.07, 6.45) is 1.71. The Labute approximate surface area is 113 Å². The molecule has 2 aromatic heterocycles. The fraction of sp³-hybridized carbons (Fsp3) is 0.0769. The zero-order valence-corrected chi connectivity index (χ0v) is 10.5. The number of fused-ring (bicyclic) bond motifs is 2. The van der Waals surface area contributed by atoms with E-state index in [2.05, 4.69) is 9.97 Å². The summed E-state index contributed by atoms with van der Waals surface area (Å²) < 4.78 is 12.5. The highest BCUT2D eigenvalue weighted by atomic mass is 35.5. The fourth-order valence-electron chi connectivity index (χ4n) is 2.09. The van der Waals surface area contributed by atoms with Crippen molar-refractivity contribution in [3.05, 3.63) is 41.8 Å². The molecular formula is C13H8ClN3O2. The van der Waals surface area contributed by atoms with Crippen LogP contribution in [0.1, 0.15) is 0 Å². The second-order valence-electron chi connectivity index (χ2n) is 4.13. The van der Waals surface area contributed by atoms with Crippen molar-refractivity contribution in [2.24, 2.45) is 0 Å². The molecule has 19 heavy (non-hydrogen) atoms. The third-order valence-corrected chi connectivity index (χ3v) is 3.21. The molecule has 0 radical (unpaired) electrons. The molecule has 6 heteroatoms. The lowest BCUT2D eigenvalue weighted by Gasteiger charge is -2.04. The van der Waals surface area contributed by atoms with E-state index >= 15 is 0 Å². The van der Waals surface area contributed by atoms with Gasteiger partial charge in [-0.05, 0) is 24.3 Å². The maximum absolute atomic E-state index is 5.93. The molecule has 0 saturated carbocycles. The summed E-state index contributed by atoms with van der Waals surface area (Å²) in [4.78, 5) is 8.60. The maximum atomic E-state index is 5.93. The van der Waals surface area contributed by atoms with Crippen LogP contribution in [0.4, 0.5) is 0 Å². The van der Waals surface area contributed by atoms with Crippen LogP contribution in [0, 0.1) is 0 Å². The topological polar surface area (TPSA) is 49.2 Å². The normalized spacial score (nSPS) is 13.1. The first kappa shape index (κ1) is 10.6. The minimum Gasteiger partial charge on any atom is -0.454 e. The van der Waals surface area contributed by atoms with Gasteiger partial charge in [-0.3, -0.25) is 4.57 Å². The Kier molecular flexibility index (Phi) is 2.16. The van der Waals surface area contributed by atoms with Crippen molar-refractivity contribution in [2.45, 2.75) is 0 Å². The van der Waals surface area contributed by atoms with Crippen LogP contribution in [-0.4, -0.2) is 21.3 Å². The predicted molar refractivity (Wildman–Crippen MR) is 70.0 cm³/mol. The van der Waals surface area contributed by atoms with Gasteiger partial charge in [-0.1, -0.05) is 11.6 Å². The Hall–Kier alpha value is -2.27. The van der Waals surface area contributed by atoms with Crippen molar-refractivity contribution >= 4 is 22.8 Å². The predicted octanol–water partition coefficient (Wildman–Crippen LogP) is 2.80. The molecule has 3 heterocycles. The van der Waals surface area contributed by atoms with Crippen LogP contribution in [0.3, 0.4) is 0 Å². The number of rotatable bonds is 1. The average Bonchev–Trinajstić information content (AvgIpc) is 3.03. The molecule has 0 aliphatic carbocycles. The highest BCUT2D eigenvalue weighted by molar-refractivity contribution is 6.29. The Morgan fingerprint density at radius 1 is 1.11 bits per heavy atom. The number of benzene rings is 1. The van der Waals surface area contributed by atoms with Crippen molar-refractivity contribution < 1.29 is 9.47 Å². The Morgan fingerprint density at radius 2 is 2.00 bits per heavy atom. The average molecular weight is 274 g/mol. The van der Waals surface area contributed by atoms with Gasteiger partial charge in [0.25, 0.3) is 0 Å². The van der Waals surface area contributed by atoms with E-state index in [9.17, 15) is 0 Å². The van der Waals surface area contributed by atoms with Crippen LogP contribution in [0.5, 0.6) is 11.5 Å². The van der Waals surface area contributed by atoms with Gasteiger partial charge in [-0.25, -0.2) is 9.97 Å². The first-order chi connectivity index (χ1) is 9.31. The van der Waals surface area contributed by atoms with Crippen LogP contribution in [-0.2, 0) is 0 Å². The van der Waals surface area contributed by atoms with Gasteiger partial charge < -0.3 is 9.47 Å². The first-order valence-electron chi connectivity index (χ1n) is 5.71. The molecule has 3 aromatic rings. The Morgan fingerprint density at radius 3 is 2.95 bits per heavy atom. The second kappa shape index (κ2) is 3.86. The molecular weight excluding hydrogens is 266 g/mol. The molecule has 94 valence electrons. The third-order valence-electron chi connectivity index (χ3n) is 3.00. The molecule has 0 bridgehead atoms. The van der Waals surface area contributed by atoms with Gasteiger partial charge in [0.05, 0.1) is 5.69 Å². The lowest BCUT2D eigenvalue weighted by Crippen LogP contribution is -1.94. The van der Waals surface area contributed by atoms with Crippen molar-refractivity contribution in [1.29, 1.82) is 0 Å². The number of pyridine rings is 1. The number of hydrogen-bond donors (Lipinski definition) is 0. The molecule has 0 spiro atoms. The standard InChI is InChI=1S/C13H8ClN3O2/c14-12-4-2-9-13(16-12)17(6-15-9)8-1-3-10-11(5-8)19-7-18-10/h1-6H,7H2. The van der Waals surface area contributed by atoms with Crippen molar-refractivity contribution in [2.75, 3.05) is 6.79 Å². The van der Waals surface area contributed by atoms with Crippen LogP contribution in [0.15, 0.2) is 36.7 Å². The van der Waals surface area contributed by atoms with Crippen LogP contribution < -0.4 is 9.47 Å². The van der Waals surface area contributed by atoms with E-state index < -0.39 is 0 Å². The minimum absolute atomic E-state index is 0.257. The zero-order chi connectivity index (χ0) is 12.8. The lowest BCUT2D eigenvalue weighted by atomic mass is 10.2. The van der Waals surface area contributed by atoms with E-state index in [1.54, 1.807) is 12.4 Å². The molecule has 0 N–H and O–H groups in total.